The summed E-state index contributed by atoms with van der Waals surface area (Å²) >= 11 is 0. The van der Waals surface area contributed by atoms with Crippen molar-refractivity contribution in [1.29, 1.82) is 0 Å². The molecule has 0 aliphatic carbocycles. The van der Waals surface area contributed by atoms with Crippen LogP contribution in [-0.4, -0.2) is 24.4 Å². The molecule has 6 nitrogen and oxygen atoms in total. The normalized spacial score (nSPS) is 10.1. The van der Waals surface area contributed by atoms with Crippen LogP contribution in [0.25, 0.3) is 0 Å². The monoisotopic (exact) mass is 340 g/mol. The Morgan fingerprint density at radius 1 is 0.960 bits per heavy atom. The molecule has 2 aromatic rings. The molecule has 0 fully saturated rings. The van der Waals surface area contributed by atoms with Crippen LogP contribution in [0.2, 0.25) is 0 Å². The van der Waals surface area contributed by atoms with E-state index in [0.29, 0.717) is 17.7 Å². The second-order valence-corrected chi connectivity index (χ2v) is 5.45. The van der Waals surface area contributed by atoms with Gasteiger partial charge >= 0.3 is 5.97 Å². The smallest absolute Gasteiger partial charge is 0.306 e. The maximum atomic E-state index is 11.9. The highest BCUT2D eigenvalue weighted by atomic mass is 16.5. The minimum atomic E-state index is -0.571. The fourth-order valence-electron chi connectivity index (χ4n) is 2.19. The predicted octanol–water partition coefficient (Wildman–Crippen LogP) is 2.29. The highest BCUT2D eigenvalue weighted by Crippen LogP contribution is 2.11. The van der Waals surface area contributed by atoms with Crippen molar-refractivity contribution >= 4 is 23.5 Å². The van der Waals surface area contributed by atoms with Gasteiger partial charge in [-0.15, -0.1) is 0 Å². The highest BCUT2D eigenvalue weighted by molar-refractivity contribution is 5.96. The number of primary amides is 1. The van der Waals surface area contributed by atoms with Crippen molar-refractivity contribution in [3.63, 3.8) is 0 Å². The van der Waals surface area contributed by atoms with Gasteiger partial charge in [-0.25, -0.2) is 0 Å². The summed E-state index contributed by atoms with van der Waals surface area (Å²) in [4.78, 5) is 34.6. The Labute approximate surface area is 146 Å². The molecule has 0 aromatic heterocycles. The molecule has 0 radical (unpaired) electrons. The van der Waals surface area contributed by atoms with Gasteiger partial charge in [-0.2, -0.15) is 0 Å². The molecular weight excluding hydrogens is 320 g/mol. The minimum absolute atomic E-state index is 0.00384. The average molecular weight is 340 g/mol. The molecule has 0 saturated carbocycles. The van der Waals surface area contributed by atoms with E-state index in [2.05, 4.69) is 5.32 Å². The topological polar surface area (TPSA) is 98.5 Å². The summed E-state index contributed by atoms with van der Waals surface area (Å²) in [5, 5.41) is 2.62. The van der Waals surface area contributed by atoms with E-state index < -0.39 is 11.9 Å². The molecule has 0 heterocycles. The zero-order valence-electron chi connectivity index (χ0n) is 13.7. The maximum Gasteiger partial charge on any atom is 0.306 e. The number of nitrogens with two attached hydrogens (primary N) is 1. The van der Waals surface area contributed by atoms with Gasteiger partial charge in [0.2, 0.25) is 11.8 Å². The molecule has 2 aromatic carbocycles. The summed E-state index contributed by atoms with van der Waals surface area (Å²) < 4.78 is 5.12. The summed E-state index contributed by atoms with van der Waals surface area (Å²) in [5.74, 6) is -1.32. The first-order valence-electron chi connectivity index (χ1n) is 7.94. The van der Waals surface area contributed by atoms with Gasteiger partial charge in [-0.05, 0) is 23.8 Å². The van der Waals surface area contributed by atoms with Gasteiger partial charge < -0.3 is 15.8 Å². The zero-order chi connectivity index (χ0) is 18.1. The van der Waals surface area contributed by atoms with Crippen LogP contribution < -0.4 is 11.1 Å². The van der Waals surface area contributed by atoms with Crippen LogP contribution >= 0.6 is 0 Å². The largest absolute Gasteiger partial charge is 0.465 e. The molecule has 0 aliphatic rings. The van der Waals surface area contributed by atoms with Crippen LogP contribution in [-0.2, 0) is 20.7 Å². The maximum absolute atomic E-state index is 11.9. The number of ether oxygens (including phenoxy) is 1. The summed E-state index contributed by atoms with van der Waals surface area (Å²) in [7, 11) is 0. The molecule has 3 N–H and O–H groups in total. The van der Waals surface area contributed by atoms with Gasteiger partial charge in [-0.1, -0.05) is 36.4 Å². The van der Waals surface area contributed by atoms with Crippen molar-refractivity contribution in [3.8, 4) is 0 Å². The lowest BCUT2D eigenvalue weighted by atomic mass is 10.2. The van der Waals surface area contributed by atoms with Crippen molar-refractivity contribution in [2.75, 3.05) is 11.9 Å². The van der Waals surface area contributed by atoms with Gasteiger partial charge in [0.15, 0.2) is 0 Å². The molecule has 0 saturated heterocycles. The molecule has 0 atom stereocenters. The molecule has 2 amide bonds. The molecule has 0 spiro atoms. The Morgan fingerprint density at radius 3 is 2.44 bits per heavy atom. The number of nitrogens with one attached hydrogen (secondary N) is 1. The Hall–Kier alpha value is -3.15. The number of hydrogen-bond donors (Lipinski definition) is 2. The number of carbonyl (C=O) groups is 3. The first-order chi connectivity index (χ1) is 12.0. The van der Waals surface area contributed by atoms with Crippen LogP contribution in [0.15, 0.2) is 54.6 Å². The van der Waals surface area contributed by atoms with E-state index in [4.69, 9.17) is 10.5 Å². The summed E-state index contributed by atoms with van der Waals surface area (Å²) in [6.45, 7) is 0.283. The SMILES string of the molecule is NC(=O)c1cccc(NC(=O)CCC(=O)OCCc2ccccc2)c1. The summed E-state index contributed by atoms with van der Waals surface area (Å²) in [6, 6.07) is 16.0. The molecular formula is C19H20N2O4. The average Bonchev–Trinajstić information content (AvgIpc) is 2.61. The predicted molar refractivity (Wildman–Crippen MR) is 93.9 cm³/mol. The zero-order valence-corrected chi connectivity index (χ0v) is 13.7. The van der Waals surface area contributed by atoms with E-state index in [1.54, 1.807) is 18.2 Å². The van der Waals surface area contributed by atoms with Crippen LogP contribution in [0.1, 0.15) is 28.8 Å². The molecule has 130 valence electrons. The third kappa shape index (κ3) is 6.47. The molecule has 0 unspecified atom stereocenters. The second-order valence-electron chi connectivity index (χ2n) is 5.45. The lowest BCUT2D eigenvalue weighted by Gasteiger charge is -2.07. The van der Waals surface area contributed by atoms with E-state index in [0.717, 1.165) is 5.56 Å². The number of rotatable bonds is 8. The fraction of sp³-hybridized carbons (Fsp3) is 0.211. The van der Waals surface area contributed by atoms with E-state index in [-0.39, 0.29) is 25.4 Å². The summed E-state index contributed by atoms with van der Waals surface area (Å²) in [6.07, 6.45) is 0.639. The van der Waals surface area contributed by atoms with Crippen molar-refractivity contribution in [2.24, 2.45) is 5.73 Å². The van der Waals surface area contributed by atoms with Crippen LogP contribution in [0.5, 0.6) is 0 Å². The molecule has 0 aliphatic heterocycles. The first-order valence-corrected chi connectivity index (χ1v) is 7.94. The standard InChI is InChI=1S/C19H20N2O4/c20-19(24)15-7-4-8-16(13-15)21-17(22)9-10-18(23)25-12-11-14-5-2-1-3-6-14/h1-8,13H,9-12H2,(H2,20,24)(H,21,22). The highest BCUT2D eigenvalue weighted by Gasteiger charge is 2.09. The Kier molecular flexibility index (Phi) is 6.71. The number of anilines is 1. The number of esters is 1. The fourth-order valence-corrected chi connectivity index (χ4v) is 2.19. The molecule has 6 heteroatoms. The molecule has 2 rings (SSSR count). The molecule has 0 bridgehead atoms. The quantitative estimate of drug-likeness (QED) is 0.720. The third-order valence-electron chi connectivity index (χ3n) is 3.48. The Balaban J connectivity index is 1.69. The van der Waals surface area contributed by atoms with Gasteiger partial charge in [0, 0.05) is 24.1 Å². The number of amides is 2. The van der Waals surface area contributed by atoms with Crippen LogP contribution in [0.4, 0.5) is 5.69 Å². The number of benzene rings is 2. The van der Waals surface area contributed by atoms with E-state index in [1.807, 2.05) is 30.3 Å². The van der Waals surface area contributed by atoms with E-state index in [1.165, 1.54) is 6.07 Å². The first kappa shape index (κ1) is 18.2. The van der Waals surface area contributed by atoms with E-state index >= 15 is 0 Å². The molecule has 25 heavy (non-hydrogen) atoms. The van der Waals surface area contributed by atoms with Crippen LogP contribution in [0, 0.1) is 0 Å². The third-order valence-corrected chi connectivity index (χ3v) is 3.48. The number of carbonyl (C=O) groups excluding carboxylic acids is 3. The van der Waals surface area contributed by atoms with Crippen molar-refractivity contribution < 1.29 is 19.1 Å². The van der Waals surface area contributed by atoms with Gasteiger partial charge in [0.1, 0.15) is 0 Å². The number of hydrogen-bond acceptors (Lipinski definition) is 4. The van der Waals surface area contributed by atoms with Gasteiger partial charge in [-0.3, -0.25) is 14.4 Å². The lowest BCUT2D eigenvalue weighted by Crippen LogP contribution is -2.16. The van der Waals surface area contributed by atoms with Crippen molar-refractivity contribution in [2.45, 2.75) is 19.3 Å². The van der Waals surface area contributed by atoms with Gasteiger partial charge in [0.05, 0.1) is 13.0 Å². The summed E-state index contributed by atoms with van der Waals surface area (Å²) in [5.41, 5.74) is 7.03. The lowest BCUT2D eigenvalue weighted by molar-refractivity contribution is -0.144. The Morgan fingerprint density at radius 2 is 1.72 bits per heavy atom. The Bertz CT molecular complexity index is 744. The van der Waals surface area contributed by atoms with Gasteiger partial charge in [0.25, 0.3) is 0 Å². The van der Waals surface area contributed by atoms with Crippen molar-refractivity contribution in [1.82, 2.24) is 0 Å². The second kappa shape index (κ2) is 9.22. The van der Waals surface area contributed by atoms with Crippen molar-refractivity contribution in [3.05, 3.63) is 65.7 Å². The van der Waals surface area contributed by atoms with E-state index in [9.17, 15) is 14.4 Å². The minimum Gasteiger partial charge on any atom is -0.465 e. The van der Waals surface area contributed by atoms with Crippen LogP contribution in [0.3, 0.4) is 0 Å².